The molecular formula is C13H17N3O. The van der Waals surface area contributed by atoms with Gasteiger partial charge in [0, 0.05) is 12.1 Å². The summed E-state index contributed by atoms with van der Waals surface area (Å²) in [5.41, 5.74) is 7.00. The Balaban J connectivity index is 2.69. The third-order valence-electron chi connectivity index (χ3n) is 2.39. The fourth-order valence-electron chi connectivity index (χ4n) is 1.40. The van der Waals surface area contributed by atoms with Crippen LogP contribution < -0.4 is 11.1 Å². The van der Waals surface area contributed by atoms with Crippen molar-refractivity contribution in [2.24, 2.45) is 5.92 Å². The second-order valence-electron chi connectivity index (χ2n) is 4.40. The average molecular weight is 231 g/mol. The number of amides is 1. The lowest BCUT2D eigenvalue weighted by Gasteiger charge is -2.08. The minimum atomic E-state index is -0.0695. The Hall–Kier alpha value is -2.02. The molecule has 0 radical (unpaired) electrons. The summed E-state index contributed by atoms with van der Waals surface area (Å²) in [6, 6.07) is 6.89. The Morgan fingerprint density at radius 2 is 2.24 bits per heavy atom. The lowest BCUT2D eigenvalue weighted by molar-refractivity contribution is -0.116. The van der Waals surface area contributed by atoms with E-state index in [-0.39, 0.29) is 5.91 Å². The van der Waals surface area contributed by atoms with Gasteiger partial charge in [-0.15, -0.1) is 0 Å². The standard InChI is InChI=1S/C13H17N3O/c1-9(2)3-6-13(17)16-12-5-4-11(15)7-10(12)8-14/h4-5,7,9H,3,6,15H2,1-2H3,(H,16,17). The van der Waals surface area contributed by atoms with Crippen molar-refractivity contribution < 1.29 is 4.79 Å². The summed E-state index contributed by atoms with van der Waals surface area (Å²) in [5.74, 6) is 0.419. The molecule has 0 saturated heterocycles. The molecule has 0 aliphatic heterocycles. The number of benzene rings is 1. The van der Waals surface area contributed by atoms with Gasteiger partial charge in [0.05, 0.1) is 11.3 Å². The SMILES string of the molecule is CC(C)CCC(=O)Nc1ccc(N)cc1C#N. The first-order valence-corrected chi connectivity index (χ1v) is 5.62. The summed E-state index contributed by atoms with van der Waals surface area (Å²) >= 11 is 0. The monoisotopic (exact) mass is 231 g/mol. The van der Waals surface area contributed by atoms with Gasteiger partial charge in [-0.05, 0) is 30.5 Å². The molecule has 0 heterocycles. The number of anilines is 2. The van der Waals surface area contributed by atoms with Gasteiger partial charge in [-0.1, -0.05) is 13.8 Å². The highest BCUT2D eigenvalue weighted by molar-refractivity contribution is 5.92. The Morgan fingerprint density at radius 1 is 1.53 bits per heavy atom. The van der Waals surface area contributed by atoms with E-state index in [0.717, 1.165) is 6.42 Å². The van der Waals surface area contributed by atoms with Gasteiger partial charge in [-0.3, -0.25) is 4.79 Å². The van der Waals surface area contributed by atoms with Crippen molar-refractivity contribution in [3.63, 3.8) is 0 Å². The van der Waals surface area contributed by atoms with Gasteiger partial charge in [0.15, 0.2) is 0 Å². The maximum absolute atomic E-state index is 11.6. The molecule has 1 rings (SSSR count). The number of carbonyl (C=O) groups is 1. The number of carbonyl (C=O) groups excluding carboxylic acids is 1. The highest BCUT2D eigenvalue weighted by Crippen LogP contribution is 2.18. The second-order valence-corrected chi connectivity index (χ2v) is 4.40. The molecule has 0 aliphatic carbocycles. The van der Waals surface area contributed by atoms with E-state index < -0.39 is 0 Å². The minimum Gasteiger partial charge on any atom is -0.399 e. The fraction of sp³-hybridized carbons (Fsp3) is 0.385. The van der Waals surface area contributed by atoms with Crippen molar-refractivity contribution in [2.75, 3.05) is 11.1 Å². The summed E-state index contributed by atoms with van der Waals surface area (Å²) in [7, 11) is 0. The third-order valence-corrected chi connectivity index (χ3v) is 2.39. The Bertz CT molecular complexity index is 446. The fourth-order valence-corrected chi connectivity index (χ4v) is 1.40. The third kappa shape index (κ3) is 4.15. The molecule has 17 heavy (non-hydrogen) atoms. The molecular weight excluding hydrogens is 214 g/mol. The highest BCUT2D eigenvalue weighted by atomic mass is 16.1. The first-order chi connectivity index (χ1) is 8.02. The Kier molecular flexibility index (Phi) is 4.53. The molecule has 1 aromatic carbocycles. The molecule has 0 bridgehead atoms. The molecule has 0 aromatic heterocycles. The van der Waals surface area contributed by atoms with E-state index in [4.69, 9.17) is 11.0 Å². The molecule has 3 N–H and O–H groups in total. The molecule has 0 atom stereocenters. The smallest absolute Gasteiger partial charge is 0.224 e. The van der Waals surface area contributed by atoms with E-state index >= 15 is 0 Å². The summed E-state index contributed by atoms with van der Waals surface area (Å²) in [6.07, 6.45) is 1.30. The maximum Gasteiger partial charge on any atom is 0.224 e. The predicted molar refractivity (Wildman–Crippen MR) is 68.3 cm³/mol. The van der Waals surface area contributed by atoms with E-state index in [1.165, 1.54) is 0 Å². The molecule has 4 heteroatoms. The van der Waals surface area contributed by atoms with Crippen LogP contribution in [-0.4, -0.2) is 5.91 Å². The molecule has 0 fully saturated rings. The number of nitrogens with two attached hydrogens (primary N) is 1. The van der Waals surface area contributed by atoms with Crippen LogP contribution in [0.5, 0.6) is 0 Å². The Labute approximate surface area is 101 Å². The zero-order valence-electron chi connectivity index (χ0n) is 10.2. The number of nitrogens with zero attached hydrogens (tertiary/aromatic N) is 1. The van der Waals surface area contributed by atoms with Crippen LogP contribution in [0.4, 0.5) is 11.4 Å². The highest BCUT2D eigenvalue weighted by Gasteiger charge is 2.07. The number of hydrogen-bond donors (Lipinski definition) is 2. The Morgan fingerprint density at radius 3 is 2.82 bits per heavy atom. The molecule has 1 amide bonds. The van der Waals surface area contributed by atoms with E-state index in [2.05, 4.69) is 19.2 Å². The zero-order valence-corrected chi connectivity index (χ0v) is 10.2. The zero-order chi connectivity index (χ0) is 12.8. The van der Waals surface area contributed by atoms with Gasteiger partial charge < -0.3 is 11.1 Å². The molecule has 0 spiro atoms. The average Bonchev–Trinajstić information content (AvgIpc) is 2.28. The van der Waals surface area contributed by atoms with Gasteiger partial charge >= 0.3 is 0 Å². The van der Waals surface area contributed by atoms with Crippen LogP contribution in [0.15, 0.2) is 18.2 Å². The first kappa shape index (κ1) is 13.0. The van der Waals surface area contributed by atoms with Gasteiger partial charge in [0.25, 0.3) is 0 Å². The predicted octanol–water partition coefficient (Wildman–Crippen LogP) is 2.52. The second kappa shape index (κ2) is 5.90. The van der Waals surface area contributed by atoms with Crippen LogP contribution in [0.2, 0.25) is 0 Å². The van der Waals surface area contributed by atoms with Crippen molar-refractivity contribution in [1.82, 2.24) is 0 Å². The van der Waals surface area contributed by atoms with Gasteiger partial charge in [-0.2, -0.15) is 5.26 Å². The van der Waals surface area contributed by atoms with Gasteiger partial charge in [0.2, 0.25) is 5.91 Å². The molecule has 1 aromatic rings. The lowest BCUT2D eigenvalue weighted by atomic mass is 10.1. The number of hydrogen-bond acceptors (Lipinski definition) is 3. The largest absolute Gasteiger partial charge is 0.399 e. The van der Waals surface area contributed by atoms with Gasteiger partial charge in [-0.25, -0.2) is 0 Å². The van der Waals surface area contributed by atoms with Crippen molar-refractivity contribution >= 4 is 17.3 Å². The molecule has 0 unspecified atom stereocenters. The number of rotatable bonds is 4. The molecule has 4 nitrogen and oxygen atoms in total. The quantitative estimate of drug-likeness (QED) is 0.781. The van der Waals surface area contributed by atoms with E-state index in [9.17, 15) is 4.79 Å². The first-order valence-electron chi connectivity index (χ1n) is 5.62. The van der Waals surface area contributed by atoms with Crippen LogP contribution in [0, 0.1) is 17.2 Å². The van der Waals surface area contributed by atoms with Crippen LogP contribution >= 0.6 is 0 Å². The summed E-state index contributed by atoms with van der Waals surface area (Å²) in [6.45, 7) is 4.13. The van der Waals surface area contributed by atoms with E-state index in [1.807, 2.05) is 6.07 Å². The number of nitriles is 1. The van der Waals surface area contributed by atoms with Crippen molar-refractivity contribution in [3.8, 4) is 6.07 Å². The van der Waals surface area contributed by atoms with Crippen molar-refractivity contribution in [2.45, 2.75) is 26.7 Å². The molecule has 90 valence electrons. The summed E-state index contributed by atoms with van der Waals surface area (Å²) in [5, 5.41) is 11.6. The maximum atomic E-state index is 11.6. The van der Waals surface area contributed by atoms with Crippen molar-refractivity contribution in [3.05, 3.63) is 23.8 Å². The normalized spacial score (nSPS) is 10.0. The molecule has 0 saturated carbocycles. The van der Waals surface area contributed by atoms with Crippen LogP contribution in [-0.2, 0) is 4.79 Å². The van der Waals surface area contributed by atoms with E-state index in [0.29, 0.717) is 29.3 Å². The minimum absolute atomic E-state index is 0.0695. The van der Waals surface area contributed by atoms with Crippen LogP contribution in [0.3, 0.4) is 0 Å². The summed E-state index contributed by atoms with van der Waals surface area (Å²) < 4.78 is 0. The van der Waals surface area contributed by atoms with Crippen LogP contribution in [0.25, 0.3) is 0 Å². The van der Waals surface area contributed by atoms with Crippen molar-refractivity contribution in [1.29, 1.82) is 5.26 Å². The number of nitrogens with one attached hydrogen (secondary N) is 1. The summed E-state index contributed by atoms with van der Waals surface area (Å²) in [4.78, 5) is 11.6. The lowest BCUT2D eigenvalue weighted by Crippen LogP contribution is -2.13. The van der Waals surface area contributed by atoms with Crippen LogP contribution in [0.1, 0.15) is 32.3 Å². The van der Waals surface area contributed by atoms with Gasteiger partial charge in [0.1, 0.15) is 6.07 Å². The van der Waals surface area contributed by atoms with E-state index in [1.54, 1.807) is 18.2 Å². The topological polar surface area (TPSA) is 78.9 Å². The molecule has 0 aliphatic rings. The number of nitrogen functional groups attached to an aromatic ring is 1.